The lowest BCUT2D eigenvalue weighted by molar-refractivity contribution is -0.136. The lowest BCUT2D eigenvalue weighted by Gasteiger charge is -2.02. The molecule has 3 nitrogen and oxygen atoms in total. The Morgan fingerprint density at radius 1 is 1.36 bits per heavy atom. The number of halogens is 4. The molecule has 0 aliphatic rings. The average molecular weight is 222 g/mol. The molecular weight excluding hydrogens is 219 g/mol. The fraction of sp³-hybridized carbons (Fsp3) is 0.143. The summed E-state index contributed by atoms with van der Waals surface area (Å²) in [5, 5.41) is 3.58. The van der Waals surface area contributed by atoms with Crippen LogP contribution in [0.15, 0.2) is 18.5 Å². The Morgan fingerprint density at radius 2 is 2.07 bits per heavy atom. The van der Waals surface area contributed by atoms with Crippen LogP contribution in [0, 0.1) is 0 Å². The molecule has 0 unspecified atom stereocenters. The van der Waals surface area contributed by atoms with Gasteiger partial charge in [-0.15, -0.1) is 0 Å². The highest BCUT2D eigenvalue weighted by Crippen LogP contribution is 2.31. The predicted molar refractivity (Wildman–Crippen MR) is 43.0 cm³/mol. The lowest BCUT2D eigenvalue weighted by Crippen LogP contribution is -2.05. The van der Waals surface area contributed by atoms with Crippen LogP contribution in [0.2, 0.25) is 5.15 Å². The van der Waals surface area contributed by atoms with Gasteiger partial charge in [0.15, 0.2) is 5.65 Å². The molecule has 2 aromatic heterocycles. The van der Waals surface area contributed by atoms with E-state index in [4.69, 9.17) is 11.6 Å². The van der Waals surface area contributed by atoms with Crippen molar-refractivity contribution in [3.8, 4) is 0 Å². The molecule has 14 heavy (non-hydrogen) atoms. The first-order valence-corrected chi connectivity index (χ1v) is 3.93. The van der Waals surface area contributed by atoms with Crippen LogP contribution in [0.4, 0.5) is 13.2 Å². The standard InChI is InChI=1S/C7H3ClF3N3/c8-5-1-2-12-6-4(7(9,10)11)3-13-14(5)6/h1-3H. The van der Waals surface area contributed by atoms with Gasteiger partial charge in [0.1, 0.15) is 10.7 Å². The van der Waals surface area contributed by atoms with Gasteiger partial charge in [0.05, 0.1) is 6.20 Å². The van der Waals surface area contributed by atoms with Gasteiger partial charge < -0.3 is 0 Å². The van der Waals surface area contributed by atoms with Crippen LogP contribution in [0.25, 0.3) is 5.65 Å². The van der Waals surface area contributed by atoms with Gasteiger partial charge in [0.2, 0.25) is 0 Å². The summed E-state index contributed by atoms with van der Waals surface area (Å²) in [7, 11) is 0. The third-order valence-electron chi connectivity index (χ3n) is 1.66. The quantitative estimate of drug-likeness (QED) is 0.640. The second-order valence-corrected chi connectivity index (χ2v) is 2.95. The fourth-order valence-electron chi connectivity index (χ4n) is 1.06. The zero-order valence-electron chi connectivity index (χ0n) is 6.59. The molecule has 0 N–H and O–H groups in total. The topological polar surface area (TPSA) is 30.2 Å². The van der Waals surface area contributed by atoms with Gasteiger partial charge >= 0.3 is 6.18 Å². The molecule has 0 amide bonds. The summed E-state index contributed by atoms with van der Waals surface area (Å²) in [4.78, 5) is 3.56. The number of alkyl halides is 3. The zero-order valence-corrected chi connectivity index (χ0v) is 7.34. The molecule has 2 heterocycles. The van der Waals surface area contributed by atoms with Gasteiger partial charge in [-0.05, 0) is 6.07 Å². The number of fused-ring (bicyclic) bond motifs is 1. The van der Waals surface area contributed by atoms with Gasteiger partial charge in [-0.1, -0.05) is 11.6 Å². The highest BCUT2D eigenvalue weighted by atomic mass is 35.5. The van der Waals surface area contributed by atoms with Crippen LogP contribution in [0.5, 0.6) is 0 Å². The Balaban J connectivity index is 2.76. The lowest BCUT2D eigenvalue weighted by atomic mass is 10.3. The van der Waals surface area contributed by atoms with E-state index in [9.17, 15) is 13.2 Å². The van der Waals surface area contributed by atoms with Crippen LogP contribution in [0.1, 0.15) is 5.56 Å². The van der Waals surface area contributed by atoms with Gasteiger partial charge in [-0.25, -0.2) is 9.50 Å². The molecule has 74 valence electrons. The largest absolute Gasteiger partial charge is 0.421 e. The third kappa shape index (κ3) is 1.31. The van der Waals surface area contributed by atoms with Gasteiger partial charge in [-0.2, -0.15) is 18.3 Å². The number of hydrogen-bond acceptors (Lipinski definition) is 2. The zero-order chi connectivity index (χ0) is 10.3. The van der Waals surface area contributed by atoms with E-state index in [-0.39, 0.29) is 10.8 Å². The summed E-state index contributed by atoms with van der Waals surface area (Å²) >= 11 is 5.61. The summed E-state index contributed by atoms with van der Waals surface area (Å²) in [5.41, 5.74) is -1.18. The molecule has 0 bridgehead atoms. The molecule has 2 aromatic rings. The Kier molecular flexibility index (Phi) is 1.88. The molecule has 2 rings (SSSR count). The molecule has 7 heteroatoms. The van der Waals surface area contributed by atoms with Gasteiger partial charge in [0.25, 0.3) is 0 Å². The summed E-state index contributed by atoms with van der Waals surface area (Å²) in [6.45, 7) is 0. The van der Waals surface area contributed by atoms with Crippen LogP contribution in [0.3, 0.4) is 0 Å². The molecule has 0 spiro atoms. The second-order valence-electron chi connectivity index (χ2n) is 2.56. The van der Waals surface area contributed by atoms with E-state index in [0.717, 1.165) is 4.52 Å². The Bertz CT molecular complexity index is 476. The SMILES string of the molecule is FC(F)(F)c1cnn2c(Cl)ccnc12. The van der Waals surface area contributed by atoms with Crippen LogP contribution in [-0.4, -0.2) is 14.6 Å². The Labute approximate surface area is 81.1 Å². The molecule has 0 aliphatic heterocycles. The number of hydrogen-bond donors (Lipinski definition) is 0. The van der Waals surface area contributed by atoms with E-state index in [1.807, 2.05) is 0 Å². The summed E-state index contributed by atoms with van der Waals surface area (Å²) < 4.78 is 38.0. The van der Waals surface area contributed by atoms with Crippen molar-refractivity contribution in [3.63, 3.8) is 0 Å². The van der Waals surface area contributed by atoms with Crippen molar-refractivity contribution >= 4 is 17.2 Å². The molecule has 0 aromatic carbocycles. The van der Waals surface area contributed by atoms with Crippen molar-refractivity contribution in [1.29, 1.82) is 0 Å². The predicted octanol–water partition coefficient (Wildman–Crippen LogP) is 2.40. The summed E-state index contributed by atoms with van der Waals surface area (Å²) in [6, 6.07) is 1.36. The first-order chi connectivity index (χ1) is 6.50. The first kappa shape index (κ1) is 9.26. The number of nitrogens with zero attached hydrogens (tertiary/aromatic N) is 3. The van der Waals surface area contributed by atoms with E-state index in [1.165, 1.54) is 12.3 Å². The van der Waals surface area contributed by atoms with E-state index in [1.54, 1.807) is 0 Å². The van der Waals surface area contributed by atoms with Crippen molar-refractivity contribution in [2.45, 2.75) is 6.18 Å². The van der Waals surface area contributed by atoms with Crippen LogP contribution < -0.4 is 0 Å². The molecule has 0 saturated carbocycles. The van der Waals surface area contributed by atoms with Crippen molar-refractivity contribution < 1.29 is 13.2 Å². The molecule has 0 saturated heterocycles. The van der Waals surface area contributed by atoms with E-state index in [0.29, 0.717) is 6.20 Å². The minimum absolute atomic E-state index is 0.0884. The second kappa shape index (κ2) is 2.84. The fourth-order valence-corrected chi connectivity index (χ4v) is 1.24. The molecule has 0 fully saturated rings. The summed E-state index contributed by atoms with van der Waals surface area (Å²) in [6.07, 6.45) is -2.55. The smallest absolute Gasteiger partial charge is 0.236 e. The van der Waals surface area contributed by atoms with E-state index >= 15 is 0 Å². The van der Waals surface area contributed by atoms with Crippen LogP contribution in [-0.2, 0) is 6.18 Å². The molecule has 0 atom stereocenters. The Hall–Kier alpha value is -1.30. The number of aromatic nitrogens is 3. The minimum atomic E-state index is -4.46. The van der Waals surface area contributed by atoms with Crippen molar-refractivity contribution in [3.05, 3.63) is 29.2 Å². The maximum absolute atomic E-state index is 12.3. The van der Waals surface area contributed by atoms with Gasteiger partial charge in [-0.3, -0.25) is 0 Å². The third-order valence-corrected chi connectivity index (χ3v) is 1.95. The molecule has 0 aliphatic carbocycles. The monoisotopic (exact) mass is 221 g/mol. The van der Waals surface area contributed by atoms with Crippen molar-refractivity contribution in [1.82, 2.24) is 14.6 Å². The van der Waals surface area contributed by atoms with Gasteiger partial charge in [0, 0.05) is 6.20 Å². The Morgan fingerprint density at radius 3 is 2.71 bits per heavy atom. The maximum atomic E-state index is 12.3. The normalized spacial score (nSPS) is 12.3. The van der Waals surface area contributed by atoms with Crippen molar-refractivity contribution in [2.75, 3.05) is 0 Å². The van der Waals surface area contributed by atoms with Crippen LogP contribution >= 0.6 is 11.6 Å². The summed E-state index contributed by atoms with van der Waals surface area (Å²) in [5.74, 6) is 0. The van der Waals surface area contributed by atoms with E-state index in [2.05, 4.69) is 10.1 Å². The first-order valence-electron chi connectivity index (χ1n) is 3.55. The van der Waals surface area contributed by atoms with Crippen molar-refractivity contribution in [2.24, 2.45) is 0 Å². The van der Waals surface area contributed by atoms with E-state index < -0.39 is 11.7 Å². The maximum Gasteiger partial charge on any atom is 0.421 e. The average Bonchev–Trinajstić information content (AvgIpc) is 2.47. The highest BCUT2D eigenvalue weighted by Gasteiger charge is 2.35. The molecular formula is C7H3ClF3N3. The molecule has 0 radical (unpaired) electrons. The number of rotatable bonds is 0. The highest BCUT2D eigenvalue weighted by molar-refractivity contribution is 6.29. The minimum Gasteiger partial charge on any atom is -0.236 e.